The quantitative estimate of drug-likeness (QED) is 0.861. The number of aryl methyl sites for hydroxylation is 2. The van der Waals surface area contributed by atoms with E-state index >= 15 is 0 Å². The molecule has 1 aliphatic heterocycles. The van der Waals surface area contributed by atoms with Crippen LogP contribution in [0, 0.1) is 0 Å². The second-order valence-electron chi connectivity index (χ2n) is 6.81. The van der Waals surface area contributed by atoms with Gasteiger partial charge in [-0.05, 0) is 31.2 Å². The lowest BCUT2D eigenvalue weighted by molar-refractivity contribution is 0.127. The maximum atomic E-state index is 12.6. The zero-order valence-corrected chi connectivity index (χ0v) is 14.8. The predicted molar refractivity (Wildman–Crippen MR) is 97.7 cm³/mol. The van der Waals surface area contributed by atoms with E-state index in [1.54, 1.807) is 11.3 Å². The number of piperazine rings is 1. The average Bonchev–Trinajstić information content (AvgIpc) is 2.95. The number of nitrogens with two attached hydrogens (primary N) is 1. The van der Waals surface area contributed by atoms with E-state index in [1.165, 1.54) is 23.3 Å². The minimum Gasteiger partial charge on any atom is -0.329 e. The molecular weight excluding hydrogens is 322 g/mol. The molecule has 2 aromatic rings. The molecule has 0 saturated carbocycles. The van der Waals surface area contributed by atoms with Crippen molar-refractivity contribution in [2.24, 2.45) is 5.73 Å². The molecule has 1 saturated heterocycles. The molecule has 3 N–H and O–H groups in total. The highest BCUT2D eigenvalue weighted by Gasteiger charge is 2.21. The summed E-state index contributed by atoms with van der Waals surface area (Å²) in [6, 6.07) is 0. The van der Waals surface area contributed by atoms with Gasteiger partial charge in [-0.1, -0.05) is 0 Å². The maximum Gasteiger partial charge on any atom is 0.259 e. The molecule has 2 aliphatic rings. The largest absolute Gasteiger partial charge is 0.329 e. The first kappa shape index (κ1) is 16.2. The molecule has 1 aliphatic carbocycles. The number of H-pyrrole nitrogens is 1. The molecule has 0 unspecified atom stereocenters. The van der Waals surface area contributed by atoms with E-state index in [4.69, 9.17) is 10.7 Å². The summed E-state index contributed by atoms with van der Waals surface area (Å²) in [7, 11) is 0. The second kappa shape index (κ2) is 6.92. The minimum absolute atomic E-state index is 0.0520. The SMILES string of the molecule is NCCN1CCN(Cc2nc3sc4c(c3c(=O)[nH]2)CCCC4)CC1. The lowest BCUT2D eigenvalue weighted by Gasteiger charge is -2.34. The molecule has 4 rings (SSSR count). The third-order valence-corrected chi connectivity index (χ3v) is 6.34. The molecule has 3 heterocycles. The van der Waals surface area contributed by atoms with E-state index < -0.39 is 0 Å². The molecule has 1 fully saturated rings. The second-order valence-corrected chi connectivity index (χ2v) is 7.89. The van der Waals surface area contributed by atoms with Gasteiger partial charge in [0, 0.05) is 44.1 Å². The van der Waals surface area contributed by atoms with Crippen molar-refractivity contribution in [2.75, 3.05) is 39.3 Å². The van der Waals surface area contributed by atoms with Crippen molar-refractivity contribution in [2.45, 2.75) is 32.2 Å². The number of fused-ring (bicyclic) bond motifs is 3. The molecule has 2 aromatic heterocycles. The molecule has 6 nitrogen and oxygen atoms in total. The molecule has 0 amide bonds. The zero-order chi connectivity index (χ0) is 16.5. The fraction of sp³-hybridized carbons (Fsp3) is 0.647. The Morgan fingerprint density at radius 1 is 1.12 bits per heavy atom. The van der Waals surface area contributed by atoms with Gasteiger partial charge in [0.15, 0.2) is 0 Å². The van der Waals surface area contributed by atoms with Gasteiger partial charge in [0.1, 0.15) is 10.7 Å². The highest BCUT2D eigenvalue weighted by atomic mass is 32.1. The molecule has 7 heteroatoms. The van der Waals surface area contributed by atoms with Crippen LogP contribution >= 0.6 is 11.3 Å². The Hall–Kier alpha value is -1.28. The fourth-order valence-corrected chi connectivity index (χ4v) is 5.13. The fourth-order valence-electron chi connectivity index (χ4n) is 3.85. The van der Waals surface area contributed by atoms with E-state index in [-0.39, 0.29) is 5.56 Å². The summed E-state index contributed by atoms with van der Waals surface area (Å²) in [5.74, 6) is 0.804. The van der Waals surface area contributed by atoms with Gasteiger partial charge < -0.3 is 10.7 Å². The number of hydrogen-bond donors (Lipinski definition) is 2. The summed E-state index contributed by atoms with van der Waals surface area (Å²) in [5, 5.41) is 0.853. The van der Waals surface area contributed by atoms with Gasteiger partial charge in [-0.25, -0.2) is 4.98 Å². The Kier molecular flexibility index (Phi) is 4.67. The van der Waals surface area contributed by atoms with Crippen LogP contribution in [0.15, 0.2) is 4.79 Å². The lowest BCUT2D eigenvalue weighted by Crippen LogP contribution is -2.47. The van der Waals surface area contributed by atoms with Crippen LogP contribution in [0.25, 0.3) is 10.2 Å². The van der Waals surface area contributed by atoms with Gasteiger partial charge in [-0.15, -0.1) is 11.3 Å². The van der Waals surface area contributed by atoms with Gasteiger partial charge in [-0.2, -0.15) is 0 Å². The molecule has 0 spiro atoms. The van der Waals surface area contributed by atoms with E-state index in [2.05, 4.69) is 14.8 Å². The standard InChI is InChI=1S/C17H25N5OS/c18-5-6-21-7-9-22(10-8-21)11-14-19-16(23)15-12-3-1-2-4-13(12)24-17(15)20-14/h1-11,18H2,(H,19,20,23). The summed E-state index contributed by atoms with van der Waals surface area (Å²) >= 11 is 1.73. The lowest BCUT2D eigenvalue weighted by atomic mass is 9.97. The number of nitrogens with zero attached hydrogens (tertiary/aromatic N) is 3. The number of nitrogens with one attached hydrogen (secondary N) is 1. The van der Waals surface area contributed by atoms with Crippen LogP contribution in [0.1, 0.15) is 29.1 Å². The van der Waals surface area contributed by atoms with Crippen molar-refractivity contribution in [3.8, 4) is 0 Å². The van der Waals surface area contributed by atoms with Gasteiger partial charge in [0.05, 0.1) is 11.9 Å². The minimum atomic E-state index is 0.0520. The maximum absolute atomic E-state index is 12.6. The smallest absolute Gasteiger partial charge is 0.259 e. The van der Waals surface area contributed by atoms with Crippen LogP contribution in [0.5, 0.6) is 0 Å². The van der Waals surface area contributed by atoms with E-state index in [0.29, 0.717) is 6.54 Å². The summed E-state index contributed by atoms with van der Waals surface area (Å²) in [6.45, 7) is 6.49. The monoisotopic (exact) mass is 347 g/mol. The number of aromatic nitrogens is 2. The summed E-state index contributed by atoms with van der Waals surface area (Å²) in [4.78, 5) is 27.5. The summed E-state index contributed by atoms with van der Waals surface area (Å²) < 4.78 is 0. The third-order valence-electron chi connectivity index (χ3n) is 5.16. The highest BCUT2D eigenvalue weighted by Crippen LogP contribution is 2.33. The van der Waals surface area contributed by atoms with Gasteiger partial charge in [0.2, 0.25) is 0 Å². The van der Waals surface area contributed by atoms with Crippen molar-refractivity contribution < 1.29 is 0 Å². The first-order chi connectivity index (χ1) is 11.7. The first-order valence-electron chi connectivity index (χ1n) is 8.93. The van der Waals surface area contributed by atoms with Gasteiger partial charge in [-0.3, -0.25) is 14.6 Å². The molecule has 0 bridgehead atoms. The van der Waals surface area contributed by atoms with Crippen LogP contribution in [0.4, 0.5) is 0 Å². The van der Waals surface area contributed by atoms with Crippen LogP contribution in [-0.4, -0.2) is 59.0 Å². The first-order valence-corrected chi connectivity index (χ1v) is 9.74. The molecule has 130 valence electrons. The molecule has 0 aromatic carbocycles. The Morgan fingerprint density at radius 3 is 2.67 bits per heavy atom. The van der Waals surface area contributed by atoms with Gasteiger partial charge in [0.25, 0.3) is 5.56 Å². The van der Waals surface area contributed by atoms with Crippen molar-refractivity contribution in [1.29, 1.82) is 0 Å². The summed E-state index contributed by atoms with van der Waals surface area (Å²) in [6.07, 6.45) is 4.56. The highest BCUT2D eigenvalue weighted by molar-refractivity contribution is 7.18. The molecule has 0 atom stereocenters. The third kappa shape index (κ3) is 3.13. The van der Waals surface area contributed by atoms with E-state index in [9.17, 15) is 4.79 Å². The number of thiophene rings is 1. The Morgan fingerprint density at radius 2 is 1.88 bits per heavy atom. The van der Waals surface area contributed by atoms with Crippen molar-refractivity contribution in [3.63, 3.8) is 0 Å². The summed E-state index contributed by atoms with van der Waals surface area (Å²) in [5.41, 5.74) is 6.94. The average molecular weight is 347 g/mol. The van der Waals surface area contributed by atoms with Crippen LogP contribution in [0.3, 0.4) is 0 Å². The zero-order valence-electron chi connectivity index (χ0n) is 14.0. The topological polar surface area (TPSA) is 78.2 Å². The number of hydrogen-bond acceptors (Lipinski definition) is 6. The Bertz CT molecular complexity index is 775. The van der Waals surface area contributed by atoms with Crippen LogP contribution in [-0.2, 0) is 19.4 Å². The van der Waals surface area contributed by atoms with E-state index in [1.807, 2.05) is 0 Å². The molecule has 0 radical (unpaired) electrons. The van der Waals surface area contributed by atoms with Crippen LogP contribution in [0.2, 0.25) is 0 Å². The van der Waals surface area contributed by atoms with E-state index in [0.717, 1.165) is 68.2 Å². The molecular formula is C17H25N5OS. The molecule has 24 heavy (non-hydrogen) atoms. The van der Waals surface area contributed by atoms with Crippen molar-refractivity contribution in [1.82, 2.24) is 19.8 Å². The predicted octanol–water partition coefficient (Wildman–Crippen LogP) is 0.940. The van der Waals surface area contributed by atoms with Crippen LogP contribution < -0.4 is 11.3 Å². The number of aromatic amines is 1. The Balaban J connectivity index is 1.52. The normalized spacial score (nSPS) is 19.7. The van der Waals surface area contributed by atoms with Crippen molar-refractivity contribution >= 4 is 21.6 Å². The Labute approximate surface area is 145 Å². The number of rotatable bonds is 4. The van der Waals surface area contributed by atoms with Gasteiger partial charge >= 0.3 is 0 Å². The van der Waals surface area contributed by atoms with Crippen molar-refractivity contribution in [3.05, 3.63) is 26.6 Å².